The maximum Gasteiger partial charge on any atom is 0.0635 e. The zero-order valence-electron chi connectivity index (χ0n) is 9.57. The Hall–Kier alpha value is -0.120. The Balaban J connectivity index is 2.00. The predicted octanol–water partition coefficient (Wildman–Crippen LogP) is 0.800. The van der Waals surface area contributed by atoms with Gasteiger partial charge in [-0.25, -0.2) is 0 Å². The smallest absolute Gasteiger partial charge is 0.0635 e. The number of piperazine rings is 1. The highest BCUT2D eigenvalue weighted by Gasteiger charge is 2.34. The van der Waals surface area contributed by atoms with Gasteiger partial charge in [0.25, 0.3) is 0 Å². The van der Waals surface area contributed by atoms with E-state index in [4.69, 9.17) is 4.74 Å². The summed E-state index contributed by atoms with van der Waals surface area (Å²) in [6.45, 7) is 12.3. The minimum absolute atomic E-state index is 0.634. The molecule has 0 aromatic rings. The highest BCUT2D eigenvalue weighted by atomic mass is 16.5. The van der Waals surface area contributed by atoms with Crippen LogP contribution in [0.1, 0.15) is 20.8 Å². The lowest BCUT2D eigenvalue weighted by molar-refractivity contribution is -0.0737. The molecule has 2 fully saturated rings. The number of rotatable bonds is 1. The summed E-state index contributed by atoms with van der Waals surface area (Å²) in [5.41, 5.74) is 0. The Morgan fingerprint density at radius 2 is 2.07 bits per heavy atom. The standard InChI is InChI=1S/C11H22N2O/c1-9(2)12-6-10(3)13-4-5-14-8-11(13)7-12/h9-11H,4-8H2,1-3H3/t10-,11+/m0/s1. The van der Waals surface area contributed by atoms with Crippen LogP contribution in [0.25, 0.3) is 0 Å². The van der Waals surface area contributed by atoms with Gasteiger partial charge in [0.15, 0.2) is 0 Å². The van der Waals surface area contributed by atoms with Crippen molar-refractivity contribution in [3.63, 3.8) is 0 Å². The van der Waals surface area contributed by atoms with E-state index in [9.17, 15) is 0 Å². The van der Waals surface area contributed by atoms with E-state index in [2.05, 4.69) is 30.6 Å². The molecule has 2 aliphatic heterocycles. The molecule has 0 amide bonds. The van der Waals surface area contributed by atoms with Crippen LogP contribution in [0.15, 0.2) is 0 Å². The third kappa shape index (κ3) is 1.95. The van der Waals surface area contributed by atoms with Crippen molar-refractivity contribution in [3.05, 3.63) is 0 Å². The van der Waals surface area contributed by atoms with E-state index in [1.807, 2.05) is 0 Å². The highest BCUT2D eigenvalue weighted by molar-refractivity contribution is 4.89. The molecule has 0 unspecified atom stereocenters. The summed E-state index contributed by atoms with van der Waals surface area (Å²) < 4.78 is 5.55. The molecule has 0 saturated carbocycles. The van der Waals surface area contributed by atoms with Crippen LogP contribution in [-0.2, 0) is 4.74 Å². The summed E-state index contributed by atoms with van der Waals surface area (Å²) in [6, 6.07) is 2.00. The van der Waals surface area contributed by atoms with Crippen molar-refractivity contribution < 1.29 is 4.74 Å². The minimum atomic E-state index is 0.634. The Morgan fingerprint density at radius 3 is 2.79 bits per heavy atom. The maximum atomic E-state index is 5.55. The molecule has 2 saturated heterocycles. The van der Waals surface area contributed by atoms with Crippen LogP contribution in [0, 0.1) is 0 Å². The first-order valence-corrected chi connectivity index (χ1v) is 5.76. The Morgan fingerprint density at radius 1 is 1.29 bits per heavy atom. The number of morpholine rings is 1. The van der Waals surface area contributed by atoms with Crippen LogP contribution < -0.4 is 0 Å². The van der Waals surface area contributed by atoms with E-state index in [0.29, 0.717) is 18.1 Å². The second-order valence-electron chi connectivity index (χ2n) is 4.86. The van der Waals surface area contributed by atoms with Crippen molar-refractivity contribution in [2.45, 2.75) is 38.9 Å². The number of fused-ring (bicyclic) bond motifs is 1. The summed E-state index contributed by atoms with van der Waals surface area (Å²) in [5.74, 6) is 0. The molecule has 2 aliphatic rings. The first kappa shape index (κ1) is 10.4. The van der Waals surface area contributed by atoms with Crippen molar-refractivity contribution >= 4 is 0 Å². The third-order valence-electron chi connectivity index (χ3n) is 3.51. The van der Waals surface area contributed by atoms with Crippen molar-refractivity contribution in [2.24, 2.45) is 0 Å². The first-order chi connectivity index (χ1) is 6.68. The van der Waals surface area contributed by atoms with Crippen molar-refractivity contribution in [3.8, 4) is 0 Å². The largest absolute Gasteiger partial charge is 0.378 e. The van der Waals surface area contributed by atoms with E-state index in [1.54, 1.807) is 0 Å². The number of nitrogens with zero attached hydrogens (tertiary/aromatic N) is 2. The van der Waals surface area contributed by atoms with Crippen LogP contribution in [0.4, 0.5) is 0 Å². The average molecular weight is 198 g/mol. The lowest BCUT2D eigenvalue weighted by Gasteiger charge is -2.48. The SMILES string of the molecule is CC(C)N1C[C@@H]2COCCN2[C@@H](C)C1. The Bertz CT molecular complexity index is 196. The van der Waals surface area contributed by atoms with Gasteiger partial charge in [0.05, 0.1) is 13.2 Å². The molecule has 2 heterocycles. The summed E-state index contributed by atoms with van der Waals surface area (Å²) >= 11 is 0. The average Bonchev–Trinajstić information content (AvgIpc) is 2.17. The molecule has 14 heavy (non-hydrogen) atoms. The lowest BCUT2D eigenvalue weighted by atomic mass is 10.0. The van der Waals surface area contributed by atoms with Crippen molar-refractivity contribution in [1.82, 2.24) is 9.80 Å². The van der Waals surface area contributed by atoms with Gasteiger partial charge in [-0.15, -0.1) is 0 Å². The molecule has 0 aromatic heterocycles. The molecule has 82 valence electrons. The van der Waals surface area contributed by atoms with Crippen LogP contribution in [0.3, 0.4) is 0 Å². The summed E-state index contributed by atoms with van der Waals surface area (Å²) in [7, 11) is 0. The van der Waals surface area contributed by atoms with Gasteiger partial charge in [0.2, 0.25) is 0 Å². The van der Waals surface area contributed by atoms with Gasteiger partial charge >= 0.3 is 0 Å². The molecule has 0 radical (unpaired) electrons. The third-order valence-corrected chi connectivity index (χ3v) is 3.51. The fourth-order valence-electron chi connectivity index (χ4n) is 2.62. The van der Waals surface area contributed by atoms with Gasteiger partial charge in [0.1, 0.15) is 0 Å². The van der Waals surface area contributed by atoms with E-state index in [1.165, 1.54) is 13.1 Å². The van der Waals surface area contributed by atoms with Gasteiger partial charge < -0.3 is 4.74 Å². The van der Waals surface area contributed by atoms with Crippen molar-refractivity contribution in [1.29, 1.82) is 0 Å². The Labute approximate surface area is 87.0 Å². The molecule has 0 N–H and O–H groups in total. The van der Waals surface area contributed by atoms with Gasteiger partial charge in [0, 0.05) is 37.8 Å². The molecule has 2 atom stereocenters. The normalized spacial score (nSPS) is 36.0. The number of hydrogen-bond donors (Lipinski definition) is 0. The van der Waals surface area contributed by atoms with Crippen molar-refractivity contribution in [2.75, 3.05) is 32.8 Å². The molecule has 2 rings (SSSR count). The fourth-order valence-corrected chi connectivity index (χ4v) is 2.62. The molecule has 3 nitrogen and oxygen atoms in total. The van der Waals surface area contributed by atoms with Gasteiger partial charge in [-0.05, 0) is 20.8 Å². The molecular weight excluding hydrogens is 176 g/mol. The van der Waals surface area contributed by atoms with E-state index < -0.39 is 0 Å². The topological polar surface area (TPSA) is 15.7 Å². The van der Waals surface area contributed by atoms with Gasteiger partial charge in [-0.2, -0.15) is 0 Å². The lowest BCUT2D eigenvalue weighted by Crippen LogP contribution is -2.62. The minimum Gasteiger partial charge on any atom is -0.378 e. The molecule has 3 heteroatoms. The molecule has 0 aliphatic carbocycles. The molecular formula is C11H22N2O. The number of ether oxygens (including phenoxy) is 1. The number of hydrogen-bond acceptors (Lipinski definition) is 3. The van der Waals surface area contributed by atoms with E-state index in [-0.39, 0.29) is 0 Å². The summed E-state index contributed by atoms with van der Waals surface area (Å²) in [4.78, 5) is 5.18. The molecule has 0 aromatic carbocycles. The van der Waals surface area contributed by atoms with E-state index >= 15 is 0 Å². The second kappa shape index (κ2) is 4.17. The second-order valence-corrected chi connectivity index (χ2v) is 4.86. The molecule has 0 spiro atoms. The molecule has 0 bridgehead atoms. The van der Waals surface area contributed by atoms with Gasteiger partial charge in [-0.1, -0.05) is 0 Å². The highest BCUT2D eigenvalue weighted by Crippen LogP contribution is 2.20. The monoisotopic (exact) mass is 198 g/mol. The Kier molecular flexibility index (Phi) is 3.10. The van der Waals surface area contributed by atoms with Crippen LogP contribution in [0.2, 0.25) is 0 Å². The zero-order valence-corrected chi connectivity index (χ0v) is 9.57. The fraction of sp³-hybridized carbons (Fsp3) is 1.00. The van der Waals surface area contributed by atoms with Gasteiger partial charge in [-0.3, -0.25) is 9.80 Å². The summed E-state index contributed by atoms with van der Waals surface area (Å²) in [5, 5.41) is 0. The zero-order chi connectivity index (χ0) is 10.1. The van der Waals surface area contributed by atoms with Crippen LogP contribution in [-0.4, -0.2) is 60.8 Å². The maximum absolute atomic E-state index is 5.55. The van der Waals surface area contributed by atoms with Crippen LogP contribution >= 0.6 is 0 Å². The predicted molar refractivity (Wildman–Crippen MR) is 57.5 cm³/mol. The van der Waals surface area contributed by atoms with Crippen LogP contribution in [0.5, 0.6) is 0 Å². The first-order valence-electron chi connectivity index (χ1n) is 5.76. The summed E-state index contributed by atoms with van der Waals surface area (Å²) in [6.07, 6.45) is 0. The van der Waals surface area contributed by atoms with E-state index in [0.717, 1.165) is 19.8 Å². The quantitative estimate of drug-likeness (QED) is 0.620.